The Morgan fingerprint density at radius 3 is 2.35 bits per heavy atom. The van der Waals surface area contributed by atoms with Crippen LogP contribution in [0.2, 0.25) is 0 Å². The zero-order valence-corrected chi connectivity index (χ0v) is 14.8. The van der Waals surface area contributed by atoms with E-state index >= 15 is 0 Å². The number of hydrogen-bond donors (Lipinski definition) is 0. The van der Waals surface area contributed by atoms with Crippen molar-refractivity contribution >= 4 is 15.8 Å². The molecule has 0 amide bonds. The Labute approximate surface area is 152 Å². The summed E-state index contributed by atoms with van der Waals surface area (Å²) < 4.78 is 31.1. The van der Waals surface area contributed by atoms with Crippen LogP contribution in [-0.2, 0) is 26.0 Å². The molecule has 0 N–H and O–H groups in total. The van der Waals surface area contributed by atoms with Gasteiger partial charge in [-0.3, -0.25) is 4.79 Å². The fourth-order valence-corrected chi connectivity index (χ4v) is 3.60. The monoisotopic (exact) mass is 370 g/mol. The first-order chi connectivity index (χ1) is 12.5. The Morgan fingerprint density at radius 2 is 1.65 bits per heavy atom. The zero-order chi connectivity index (χ0) is 18.4. The first kappa shape index (κ1) is 17.9. The third-order valence-corrected chi connectivity index (χ3v) is 5.47. The predicted molar refractivity (Wildman–Crippen MR) is 96.5 cm³/mol. The summed E-state index contributed by atoms with van der Waals surface area (Å²) in [6, 6.07) is 17.6. The number of hydrogen-bond acceptors (Lipinski definition) is 5. The van der Waals surface area contributed by atoms with Crippen molar-refractivity contribution in [3.8, 4) is 5.69 Å². The Bertz CT molecular complexity index is 967. The fraction of sp³-hybridized carbons (Fsp3) is 0.158. The number of carbonyl (C=O) groups is 1. The minimum atomic E-state index is -3.49. The lowest BCUT2D eigenvalue weighted by Crippen LogP contribution is -2.13. The van der Waals surface area contributed by atoms with E-state index in [2.05, 4.69) is 5.10 Å². The van der Waals surface area contributed by atoms with E-state index in [0.717, 1.165) is 11.3 Å². The quantitative estimate of drug-likeness (QED) is 0.598. The van der Waals surface area contributed by atoms with Crippen molar-refractivity contribution in [3.05, 3.63) is 78.6 Å². The van der Waals surface area contributed by atoms with Crippen LogP contribution in [0.4, 0.5) is 0 Å². The Hall–Kier alpha value is -2.93. The van der Waals surface area contributed by atoms with Gasteiger partial charge >= 0.3 is 5.97 Å². The molecule has 26 heavy (non-hydrogen) atoms. The summed E-state index contributed by atoms with van der Waals surface area (Å²) in [5.41, 5.74) is 1.63. The maximum atomic E-state index is 12.1. The molecule has 0 aliphatic rings. The van der Waals surface area contributed by atoms with Crippen LogP contribution in [0.5, 0.6) is 0 Å². The smallest absolute Gasteiger partial charge is 0.307 e. The lowest BCUT2D eigenvalue weighted by molar-refractivity contribution is -0.144. The second kappa shape index (κ2) is 7.97. The number of esters is 1. The minimum absolute atomic E-state index is 0.0526. The summed E-state index contributed by atoms with van der Waals surface area (Å²) in [6.45, 7) is 0.0526. The third-order valence-electron chi connectivity index (χ3n) is 3.73. The van der Waals surface area contributed by atoms with E-state index in [1.807, 2.05) is 30.3 Å². The van der Waals surface area contributed by atoms with Crippen LogP contribution in [0.25, 0.3) is 5.69 Å². The molecule has 0 bridgehead atoms. The minimum Gasteiger partial charge on any atom is -0.461 e. The second-order valence-corrected chi connectivity index (χ2v) is 7.78. The average Bonchev–Trinajstić information content (AvgIpc) is 3.15. The maximum absolute atomic E-state index is 12.1. The van der Waals surface area contributed by atoms with Crippen molar-refractivity contribution in [2.45, 2.75) is 17.9 Å². The molecule has 0 aliphatic heterocycles. The molecule has 0 atom stereocenters. The highest BCUT2D eigenvalue weighted by Gasteiger charge is 2.17. The number of ether oxygens (including phenoxy) is 1. The molecule has 1 aromatic heterocycles. The molecule has 0 spiro atoms. The molecule has 2 aromatic carbocycles. The standard InChI is InChI=1S/C19H18N2O4S/c22-19(11-12-26(23,24)18-9-5-2-6-10-18)25-15-16-13-20-21(14-16)17-7-3-1-4-8-17/h1-10,13-14H,11-12,15H2. The number of sulfone groups is 1. The molecule has 1 heterocycles. The molecular formula is C19H18N2O4S. The van der Waals surface area contributed by atoms with Gasteiger partial charge in [0.1, 0.15) is 6.61 Å². The number of carbonyl (C=O) groups excluding carboxylic acids is 1. The summed E-state index contributed by atoms with van der Waals surface area (Å²) in [4.78, 5) is 12.1. The van der Waals surface area contributed by atoms with Gasteiger partial charge in [-0.2, -0.15) is 5.10 Å². The van der Waals surface area contributed by atoms with Gasteiger partial charge in [-0.25, -0.2) is 13.1 Å². The number of benzene rings is 2. The van der Waals surface area contributed by atoms with E-state index in [0.29, 0.717) is 0 Å². The van der Waals surface area contributed by atoms with E-state index in [9.17, 15) is 13.2 Å². The molecule has 0 saturated carbocycles. The molecule has 0 aliphatic carbocycles. The molecule has 3 rings (SSSR count). The molecule has 3 aromatic rings. The van der Waals surface area contributed by atoms with Crippen LogP contribution in [0.1, 0.15) is 12.0 Å². The van der Waals surface area contributed by atoms with Gasteiger partial charge in [0.05, 0.1) is 29.0 Å². The van der Waals surface area contributed by atoms with Gasteiger partial charge < -0.3 is 4.74 Å². The first-order valence-corrected chi connectivity index (χ1v) is 9.72. The topological polar surface area (TPSA) is 78.3 Å². The molecule has 0 fully saturated rings. The summed E-state index contributed by atoms with van der Waals surface area (Å²) in [5, 5.41) is 4.22. The van der Waals surface area contributed by atoms with Gasteiger partial charge in [0.25, 0.3) is 0 Å². The Kier molecular flexibility index (Phi) is 5.48. The van der Waals surface area contributed by atoms with E-state index < -0.39 is 15.8 Å². The van der Waals surface area contributed by atoms with Gasteiger partial charge in [-0.1, -0.05) is 36.4 Å². The van der Waals surface area contributed by atoms with Gasteiger partial charge in [-0.15, -0.1) is 0 Å². The molecule has 6 nitrogen and oxygen atoms in total. The van der Waals surface area contributed by atoms with Crippen molar-refractivity contribution in [1.82, 2.24) is 9.78 Å². The molecule has 0 radical (unpaired) electrons. The van der Waals surface area contributed by atoms with Crippen LogP contribution in [0, 0.1) is 0 Å². The number of para-hydroxylation sites is 1. The molecule has 134 valence electrons. The van der Waals surface area contributed by atoms with Crippen LogP contribution in [-0.4, -0.2) is 29.9 Å². The SMILES string of the molecule is O=C(CCS(=O)(=O)c1ccccc1)OCc1cnn(-c2ccccc2)c1. The van der Waals surface area contributed by atoms with Crippen LogP contribution in [0.15, 0.2) is 78.0 Å². The van der Waals surface area contributed by atoms with Crippen LogP contribution in [0.3, 0.4) is 0 Å². The zero-order valence-electron chi connectivity index (χ0n) is 14.0. The predicted octanol–water partition coefficient (Wildman–Crippen LogP) is 2.78. The number of nitrogens with zero attached hydrogens (tertiary/aromatic N) is 2. The van der Waals surface area contributed by atoms with E-state index in [1.165, 1.54) is 12.1 Å². The van der Waals surface area contributed by atoms with Crippen molar-refractivity contribution in [2.75, 3.05) is 5.75 Å². The lowest BCUT2D eigenvalue weighted by Gasteiger charge is -2.05. The lowest BCUT2D eigenvalue weighted by atomic mass is 10.3. The Balaban J connectivity index is 1.51. The van der Waals surface area contributed by atoms with E-state index in [-0.39, 0.29) is 23.7 Å². The van der Waals surface area contributed by atoms with Gasteiger partial charge in [0.15, 0.2) is 9.84 Å². The van der Waals surface area contributed by atoms with Crippen LogP contribution >= 0.6 is 0 Å². The van der Waals surface area contributed by atoms with E-state index in [4.69, 9.17) is 4.74 Å². The first-order valence-electron chi connectivity index (χ1n) is 8.07. The summed E-state index contributed by atoms with van der Waals surface area (Å²) in [5.74, 6) is -0.837. The van der Waals surface area contributed by atoms with Crippen molar-refractivity contribution in [2.24, 2.45) is 0 Å². The second-order valence-electron chi connectivity index (χ2n) is 5.67. The van der Waals surface area contributed by atoms with Gasteiger partial charge in [0.2, 0.25) is 0 Å². The summed E-state index contributed by atoms with van der Waals surface area (Å²) >= 11 is 0. The van der Waals surface area contributed by atoms with E-state index in [1.54, 1.807) is 35.3 Å². The number of rotatable bonds is 7. The Morgan fingerprint density at radius 1 is 1.00 bits per heavy atom. The average molecular weight is 370 g/mol. The van der Waals surface area contributed by atoms with Gasteiger partial charge in [-0.05, 0) is 24.3 Å². The molecular weight excluding hydrogens is 352 g/mol. The molecule has 0 unspecified atom stereocenters. The maximum Gasteiger partial charge on any atom is 0.307 e. The number of aromatic nitrogens is 2. The van der Waals surface area contributed by atoms with Crippen molar-refractivity contribution in [3.63, 3.8) is 0 Å². The summed E-state index contributed by atoms with van der Waals surface area (Å²) in [7, 11) is -3.49. The molecule has 0 saturated heterocycles. The molecule has 7 heteroatoms. The highest BCUT2D eigenvalue weighted by Crippen LogP contribution is 2.12. The van der Waals surface area contributed by atoms with Gasteiger partial charge in [0, 0.05) is 11.8 Å². The highest BCUT2D eigenvalue weighted by atomic mass is 32.2. The normalized spacial score (nSPS) is 11.2. The van der Waals surface area contributed by atoms with Crippen LogP contribution < -0.4 is 0 Å². The van der Waals surface area contributed by atoms with Crippen molar-refractivity contribution in [1.29, 1.82) is 0 Å². The largest absolute Gasteiger partial charge is 0.461 e. The summed E-state index contributed by atoms with van der Waals surface area (Å²) in [6.07, 6.45) is 3.19. The third kappa shape index (κ3) is 4.58. The highest BCUT2D eigenvalue weighted by molar-refractivity contribution is 7.91. The fourth-order valence-electron chi connectivity index (χ4n) is 2.36. The van der Waals surface area contributed by atoms with Crippen molar-refractivity contribution < 1.29 is 17.9 Å².